The van der Waals surface area contributed by atoms with Gasteiger partial charge in [-0.2, -0.15) is 0 Å². The quantitative estimate of drug-likeness (QED) is 0.742. The number of hydrogen-bond donors (Lipinski definition) is 1. The van der Waals surface area contributed by atoms with Gasteiger partial charge in [-0.05, 0) is 86.0 Å². The lowest BCUT2D eigenvalue weighted by Crippen LogP contribution is -2.71. The lowest BCUT2D eigenvalue weighted by molar-refractivity contribution is -0.222. The van der Waals surface area contributed by atoms with E-state index in [4.69, 9.17) is 0 Å². The van der Waals surface area contributed by atoms with Crippen molar-refractivity contribution >= 4 is 0 Å². The first-order valence-electron chi connectivity index (χ1n) is 10.6. The maximum absolute atomic E-state index is 11.5. The van der Waals surface area contributed by atoms with E-state index in [9.17, 15) is 5.11 Å². The van der Waals surface area contributed by atoms with Gasteiger partial charge in [-0.25, -0.2) is 0 Å². The van der Waals surface area contributed by atoms with Crippen molar-refractivity contribution in [2.75, 3.05) is 13.1 Å². The number of hydrogen-bond acceptors (Lipinski definition) is 2. The Kier molecular flexibility index (Phi) is 2.66. The van der Waals surface area contributed by atoms with Crippen LogP contribution in [0.15, 0.2) is 12.2 Å². The van der Waals surface area contributed by atoms with Crippen molar-refractivity contribution in [3.63, 3.8) is 0 Å². The molecule has 1 heterocycles. The molecular formula is C22H33NO. The second kappa shape index (κ2) is 4.31. The van der Waals surface area contributed by atoms with Gasteiger partial charge in [0.25, 0.3) is 0 Å². The molecule has 2 heteroatoms. The van der Waals surface area contributed by atoms with Gasteiger partial charge in [-0.3, -0.25) is 4.90 Å². The zero-order chi connectivity index (χ0) is 16.4. The average Bonchev–Trinajstić information content (AvgIpc) is 2.92. The molecule has 0 aromatic rings. The zero-order valence-electron chi connectivity index (χ0n) is 15.4. The van der Waals surface area contributed by atoms with Crippen molar-refractivity contribution in [3.05, 3.63) is 12.2 Å². The number of likely N-dealkylation sites (tertiary alicyclic amines) is 1. The van der Waals surface area contributed by atoms with E-state index >= 15 is 0 Å². The molecule has 1 N–H and O–H groups in total. The summed E-state index contributed by atoms with van der Waals surface area (Å²) in [5.74, 6) is 4.76. The maximum Gasteiger partial charge on any atom is 0.0617 e. The van der Waals surface area contributed by atoms with Gasteiger partial charge < -0.3 is 5.11 Å². The summed E-state index contributed by atoms with van der Waals surface area (Å²) in [4.78, 5) is 2.83. The first-order valence-corrected chi connectivity index (χ1v) is 10.6. The molecule has 5 saturated carbocycles. The van der Waals surface area contributed by atoms with E-state index in [1.165, 1.54) is 45.2 Å². The molecule has 2 nitrogen and oxygen atoms in total. The Morgan fingerprint density at radius 3 is 2.83 bits per heavy atom. The van der Waals surface area contributed by atoms with Gasteiger partial charge in [0.2, 0.25) is 0 Å². The summed E-state index contributed by atoms with van der Waals surface area (Å²) in [6.07, 6.45) is 7.83. The van der Waals surface area contributed by atoms with Gasteiger partial charge in [-0.1, -0.05) is 26.0 Å². The van der Waals surface area contributed by atoms with Crippen LogP contribution in [0, 0.1) is 46.3 Å². The molecule has 132 valence electrons. The zero-order valence-corrected chi connectivity index (χ0v) is 15.4. The largest absolute Gasteiger partial charge is 0.392 e. The van der Waals surface area contributed by atoms with Crippen molar-refractivity contribution in [1.82, 2.24) is 4.90 Å². The Morgan fingerprint density at radius 2 is 2.04 bits per heavy atom. The number of fused-ring (bicyclic) bond motifs is 2. The minimum absolute atomic E-state index is 0.0574. The molecule has 0 aromatic heterocycles. The molecule has 0 aromatic carbocycles. The van der Waals surface area contributed by atoms with E-state index in [-0.39, 0.29) is 11.5 Å². The summed E-state index contributed by atoms with van der Waals surface area (Å²) in [6.45, 7) is 12.0. The Hall–Kier alpha value is -0.340. The lowest BCUT2D eigenvalue weighted by Gasteiger charge is -2.67. The molecule has 6 rings (SSSR count). The monoisotopic (exact) mass is 327 g/mol. The Balaban J connectivity index is 1.60. The average molecular weight is 328 g/mol. The molecular weight excluding hydrogens is 294 g/mol. The van der Waals surface area contributed by atoms with Gasteiger partial charge >= 0.3 is 0 Å². The molecule has 0 unspecified atom stereocenters. The highest BCUT2D eigenvalue weighted by Gasteiger charge is 2.78. The fourth-order valence-corrected chi connectivity index (χ4v) is 9.75. The molecule has 24 heavy (non-hydrogen) atoms. The summed E-state index contributed by atoms with van der Waals surface area (Å²) < 4.78 is 0. The highest BCUT2D eigenvalue weighted by molar-refractivity contribution is 5.33. The highest BCUT2D eigenvalue weighted by Crippen LogP contribution is 2.78. The summed E-state index contributed by atoms with van der Waals surface area (Å²) in [5, 5.41) is 11.5. The molecule has 0 amide bonds. The predicted octanol–water partition coefficient (Wildman–Crippen LogP) is 3.71. The van der Waals surface area contributed by atoms with Crippen LogP contribution in [0.3, 0.4) is 0 Å². The minimum Gasteiger partial charge on any atom is -0.392 e. The third-order valence-electron chi connectivity index (χ3n) is 10.2. The van der Waals surface area contributed by atoms with Crippen LogP contribution in [-0.2, 0) is 0 Å². The normalized spacial score (nSPS) is 63.7. The van der Waals surface area contributed by atoms with Gasteiger partial charge in [0, 0.05) is 18.0 Å². The van der Waals surface area contributed by atoms with Crippen molar-refractivity contribution in [2.24, 2.45) is 46.3 Å². The maximum atomic E-state index is 11.5. The van der Waals surface area contributed by atoms with Crippen LogP contribution in [0.25, 0.3) is 0 Å². The minimum atomic E-state index is -0.0574. The summed E-state index contributed by atoms with van der Waals surface area (Å²) >= 11 is 0. The molecule has 6 aliphatic rings. The summed E-state index contributed by atoms with van der Waals surface area (Å²) in [5.41, 5.74) is 2.25. The van der Waals surface area contributed by atoms with Crippen molar-refractivity contribution in [2.45, 2.75) is 64.5 Å². The van der Waals surface area contributed by atoms with Crippen LogP contribution in [0.5, 0.6) is 0 Å². The number of aliphatic hydroxyl groups excluding tert-OH is 1. The van der Waals surface area contributed by atoms with Gasteiger partial charge in [0.1, 0.15) is 0 Å². The number of piperidine rings is 1. The van der Waals surface area contributed by atoms with E-state index < -0.39 is 0 Å². The summed E-state index contributed by atoms with van der Waals surface area (Å²) in [6, 6.07) is 0.673. The fraction of sp³-hybridized carbons (Fsp3) is 0.909. The topological polar surface area (TPSA) is 23.5 Å². The van der Waals surface area contributed by atoms with Gasteiger partial charge in [0.05, 0.1) is 6.10 Å². The number of nitrogens with zero attached hydrogens (tertiary/aromatic N) is 1. The molecule has 1 aliphatic heterocycles. The molecule has 6 fully saturated rings. The van der Waals surface area contributed by atoms with Crippen LogP contribution in [-0.4, -0.2) is 35.2 Å². The third-order valence-corrected chi connectivity index (χ3v) is 10.2. The van der Waals surface area contributed by atoms with Crippen LogP contribution < -0.4 is 0 Å². The van der Waals surface area contributed by atoms with E-state index in [0.29, 0.717) is 11.5 Å². The second-order valence-electron chi connectivity index (χ2n) is 10.5. The van der Waals surface area contributed by atoms with Crippen molar-refractivity contribution in [1.29, 1.82) is 0 Å². The van der Waals surface area contributed by atoms with Crippen molar-refractivity contribution < 1.29 is 5.11 Å². The molecule has 5 aliphatic carbocycles. The molecule has 7 bridgehead atoms. The van der Waals surface area contributed by atoms with Gasteiger partial charge in [-0.15, -0.1) is 0 Å². The van der Waals surface area contributed by atoms with Crippen LogP contribution in [0.2, 0.25) is 0 Å². The number of rotatable bonds is 1. The Morgan fingerprint density at radius 1 is 1.21 bits per heavy atom. The standard InChI is InChI=1S/C22H33NO/c1-4-23-11-21(3)8-7-18(24)22-16-9-13-5-6-14(19(16)12(13)2)15(20(22)23)10-17(21)22/h13-20,24H,2,4-11H2,1,3H3/t13-,14+,15+,16+,17+,18-,19+,20+,21+,22+/m1/s1. The second-order valence-corrected chi connectivity index (χ2v) is 10.5. The van der Waals surface area contributed by atoms with Crippen LogP contribution in [0.4, 0.5) is 0 Å². The van der Waals surface area contributed by atoms with E-state index in [1.54, 1.807) is 5.57 Å². The van der Waals surface area contributed by atoms with E-state index in [2.05, 4.69) is 25.3 Å². The number of allylic oxidation sites excluding steroid dienone is 1. The molecule has 1 spiro atoms. The van der Waals surface area contributed by atoms with Gasteiger partial charge in [0.15, 0.2) is 0 Å². The lowest BCUT2D eigenvalue weighted by atomic mass is 9.44. The van der Waals surface area contributed by atoms with E-state index in [1.807, 2.05) is 0 Å². The molecule has 10 atom stereocenters. The van der Waals surface area contributed by atoms with Crippen LogP contribution in [0.1, 0.15) is 52.4 Å². The first-order chi connectivity index (χ1) is 11.5. The summed E-state index contributed by atoms with van der Waals surface area (Å²) in [7, 11) is 0. The molecule has 0 radical (unpaired) electrons. The highest BCUT2D eigenvalue weighted by atomic mass is 16.3. The first kappa shape index (κ1) is 14.8. The molecule has 1 saturated heterocycles. The number of aliphatic hydroxyl groups is 1. The van der Waals surface area contributed by atoms with Crippen LogP contribution >= 0.6 is 0 Å². The third kappa shape index (κ3) is 1.32. The SMILES string of the molecule is C=C1[C@@H]2CC[C@H]3[C@@H]4C[C@H]5[C@@]6(C)CC[C@@H](O)[C@]5([C@H]4N(CC)C6)[C@@H](C2)[C@@H]13. The van der Waals surface area contributed by atoms with Crippen molar-refractivity contribution in [3.8, 4) is 0 Å². The Bertz CT molecular complexity index is 615. The smallest absolute Gasteiger partial charge is 0.0617 e. The predicted molar refractivity (Wildman–Crippen MR) is 95.4 cm³/mol. The van der Waals surface area contributed by atoms with E-state index in [0.717, 1.165) is 41.9 Å². The fourth-order valence-electron chi connectivity index (χ4n) is 9.75. The Labute approximate surface area is 146 Å².